The number of rotatable bonds is 6. The zero-order chi connectivity index (χ0) is 10.4. The van der Waals surface area contributed by atoms with E-state index in [1.54, 1.807) is 0 Å². The molecule has 3 nitrogen and oxygen atoms in total. The SMILES string of the molecule is CC(N)CCCS(=O)CC1CCCO1. The summed E-state index contributed by atoms with van der Waals surface area (Å²) in [6.07, 6.45) is 4.40. The Morgan fingerprint density at radius 3 is 3.00 bits per heavy atom. The molecular weight excluding hydrogens is 198 g/mol. The number of nitrogens with two attached hydrogens (primary N) is 1. The third kappa shape index (κ3) is 5.08. The minimum atomic E-state index is -0.707. The average molecular weight is 219 g/mol. The summed E-state index contributed by atoms with van der Waals surface area (Å²) in [6.45, 7) is 2.84. The summed E-state index contributed by atoms with van der Waals surface area (Å²) in [5, 5.41) is 0. The molecule has 0 saturated carbocycles. The van der Waals surface area contributed by atoms with E-state index in [0.717, 1.165) is 43.8 Å². The highest BCUT2D eigenvalue weighted by Crippen LogP contribution is 2.13. The number of hydrogen-bond donors (Lipinski definition) is 1. The lowest BCUT2D eigenvalue weighted by Gasteiger charge is -2.09. The van der Waals surface area contributed by atoms with Crippen molar-refractivity contribution in [3.63, 3.8) is 0 Å². The minimum absolute atomic E-state index is 0.231. The second-order valence-corrected chi connectivity index (χ2v) is 5.69. The zero-order valence-corrected chi connectivity index (χ0v) is 9.72. The molecule has 4 heteroatoms. The largest absolute Gasteiger partial charge is 0.377 e. The molecule has 0 amide bonds. The Balaban J connectivity index is 2.03. The van der Waals surface area contributed by atoms with Gasteiger partial charge >= 0.3 is 0 Å². The van der Waals surface area contributed by atoms with Gasteiger partial charge in [0, 0.05) is 35.0 Å². The van der Waals surface area contributed by atoms with E-state index in [1.165, 1.54) is 0 Å². The van der Waals surface area contributed by atoms with Gasteiger partial charge in [-0.3, -0.25) is 4.21 Å². The second-order valence-electron chi connectivity index (χ2n) is 4.07. The Bertz CT molecular complexity index is 179. The van der Waals surface area contributed by atoms with Crippen LogP contribution in [0.1, 0.15) is 32.6 Å². The van der Waals surface area contributed by atoms with Crippen LogP contribution in [-0.2, 0) is 15.5 Å². The van der Waals surface area contributed by atoms with Crippen molar-refractivity contribution in [1.82, 2.24) is 0 Å². The maximum absolute atomic E-state index is 11.6. The maximum atomic E-state index is 11.6. The second kappa shape index (κ2) is 6.53. The molecule has 2 N–H and O–H groups in total. The van der Waals surface area contributed by atoms with Crippen LogP contribution in [0.25, 0.3) is 0 Å². The summed E-state index contributed by atoms with van der Waals surface area (Å²) >= 11 is 0. The van der Waals surface area contributed by atoms with Gasteiger partial charge in [0.05, 0.1) is 6.10 Å². The molecule has 1 aliphatic rings. The summed E-state index contributed by atoms with van der Waals surface area (Å²) < 4.78 is 17.0. The molecule has 1 aliphatic heterocycles. The van der Waals surface area contributed by atoms with Crippen molar-refractivity contribution in [2.75, 3.05) is 18.1 Å². The molecule has 0 aromatic carbocycles. The van der Waals surface area contributed by atoms with Crippen molar-refractivity contribution in [3.05, 3.63) is 0 Å². The summed E-state index contributed by atoms with van der Waals surface area (Å²) in [4.78, 5) is 0. The molecule has 1 rings (SSSR count). The molecule has 3 atom stereocenters. The van der Waals surface area contributed by atoms with Crippen molar-refractivity contribution in [2.24, 2.45) is 5.73 Å². The Morgan fingerprint density at radius 1 is 1.64 bits per heavy atom. The van der Waals surface area contributed by atoms with Crippen LogP contribution in [0.3, 0.4) is 0 Å². The third-order valence-electron chi connectivity index (χ3n) is 2.43. The fraction of sp³-hybridized carbons (Fsp3) is 1.00. The Kier molecular flexibility index (Phi) is 5.67. The topological polar surface area (TPSA) is 52.3 Å². The average Bonchev–Trinajstić information content (AvgIpc) is 2.56. The quantitative estimate of drug-likeness (QED) is 0.726. The van der Waals surface area contributed by atoms with Crippen molar-refractivity contribution in [1.29, 1.82) is 0 Å². The van der Waals surface area contributed by atoms with Gasteiger partial charge in [-0.1, -0.05) is 0 Å². The molecule has 1 saturated heterocycles. The van der Waals surface area contributed by atoms with Crippen molar-refractivity contribution >= 4 is 10.8 Å². The van der Waals surface area contributed by atoms with Gasteiger partial charge in [-0.25, -0.2) is 0 Å². The van der Waals surface area contributed by atoms with Gasteiger partial charge in [-0.2, -0.15) is 0 Å². The molecule has 0 bridgehead atoms. The van der Waals surface area contributed by atoms with E-state index < -0.39 is 10.8 Å². The van der Waals surface area contributed by atoms with E-state index in [1.807, 2.05) is 6.92 Å². The van der Waals surface area contributed by atoms with Crippen molar-refractivity contribution in [2.45, 2.75) is 44.8 Å². The van der Waals surface area contributed by atoms with Gasteiger partial charge in [-0.15, -0.1) is 0 Å². The monoisotopic (exact) mass is 219 g/mol. The highest BCUT2D eigenvalue weighted by Gasteiger charge is 2.17. The summed E-state index contributed by atoms with van der Waals surface area (Å²) in [5.74, 6) is 1.50. The number of ether oxygens (including phenoxy) is 1. The molecule has 0 aliphatic carbocycles. The van der Waals surface area contributed by atoms with Crippen LogP contribution in [0, 0.1) is 0 Å². The zero-order valence-electron chi connectivity index (χ0n) is 8.91. The minimum Gasteiger partial charge on any atom is -0.377 e. The summed E-state index contributed by atoms with van der Waals surface area (Å²) in [6, 6.07) is 0.231. The van der Waals surface area contributed by atoms with E-state index in [-0.39, 0.29) is 12.1 Å². The first kappa shape index (κ1) is 12.1. The van der Waals surface area contributed by atoms with E-state index in [0.29, 0.717) is 0 Å². The van der Waals surface area contributed by atoms with Crippen molar-refractivity contribution in [3.8, 4) is 0 Å². The van der Waals surface area contributed by atoms with Gasteiger partial charge in [0.25, 0.3) is 0 Å². The molecule has 0 spiro atoms. The maximum Gasteiger partial charge on any atom is 0.0691 e. The summed E-state index contributed by atoms with van der Waals surface area (Å²) in [5.41, 5.74) is 5.62. The first-order valence-corrected chi connectivity index (χ1v) is 6.89. The van der Waals surface area contributed by atoms with Crippen LogP contribution < -0.4 is 5.73 Å². The smallest absolute Gasteiger partial charge is 0.0691 e. The highest BCUT2D eigenvalue weighted by atomic mass is 32.2. The first-order valence-electron chi connectivity index (χ1n) is 5.40. The third-order valence-corrected chi connectivity index (χ3v) is 3.91. The highest BCUT2D eigenvalue weighted by molar-refractivity contribution is 7.85. The Morgan fingerprint density at radius 2 is 2.43 bits per heavy atom. The summed E-state index contributed by atoms with van der Waals surface area (Å²) in [7, 11) is -0.707. The lowest BCUT2D eigenvalue weighted by atomic mass is 10.2. The molecule has 0 radical (unpaired) electrons. The normalized spacial score (nSPS) is 26.3. The first-order chi connectivity index (χ1) is 6.68. The fourth-order valence-corrected chi connectivity index (χ4v) is 2.97. The van der Waals surface area contributed by atoms with Gasteiger partial charge in [0.2, 0.25) is 0 Å². The van der Waals surface area contributed by atoms with Crippen LogP contribution in [0.15, 0.2) is 0 Å². The van der Waals surface area contributed by atoms with Gasteiger partial charge in [0.15, 0.2) is 0 Å². The van der Waals surface area contributed by atoms with Gasteiger partial charge < -0.3 is 10.5 Å². The van der Waals surface area contributed by atoms with E-state index >= 15 is 0 Å². The lowest BCUT2D eigenvalue weighted by Crippen LogP contribution is -2.19. The van der Waals surface area contributed by atoms with Gasteiger partial charge in [-0.05, 0) is 32.6 Å². The Hall–Kier alpha value is 0.0700. The lowest BCUT2D eigenvalue weighted by molar-refractivity contribution is 0.128. The van der Waals surface area contributed by atoms with Gasteiger partial charge in [0.1, 0.15) is 0 Å². The molecule has 1 heterocycles. The Labute approximate surface area is 88.8 Å². The van der Waals surface area contributed by atoms with Crippen LogP contribution in [0.5, 0.6) is 0 Å². The molecule has 84 valence electrons. The molecule has 14 heavy (non-hydrogen) atoms. The fourth-order valence-electron chi connectivity index (χ4n) is 1.63. The molecule has 0 aromatic rings. The number of hydrogen-bond acceptors (Lipinski definition) is 3. The standard InChI is InChI=1S/C10H21NO2S/c1-9(11)4-3-7-14(12)8-10-5-2-6-13-10/h9-10H,2-8,11H2,1H3. The molecular formula is C10H21NO2S. The van der Waals surface area contributed by atoms with E-state index in [4.69, 9.17) is 10.5 Å². The molecule has 0 aromatic heterocycles. The van der Waals surface area contributed by atoms with Crippen LogP contribution in [0.4, 0.5) is 0 Å². The van der Waals surface area contributed by atoms with E-state index in [2.05, 4.69) is 0 Å². The van der Waals surface area contributed by atoms with Crippen LogP contribution in [0.2, 0.25) is 0 Å². The predicted octanol–water partition coefficient (Wildman–Crippen LogP) is 1.04. The molecule has 1 fully saturated rings. The molecule has 3 unspecified atom stereocenters. The predicted molar refractivity (Wildman–Crippen MR) is 59.7 cm³/mol. The van der Waals surface area contributed by atoms with Crippen LogP contribution >= 0.6 is 0 Å². The van der Waals surface area contributed by atoms with Crippen molar-refractivity contribution < 1.29 is 8.95 Å². The van der Waals surface area contributed by atoms with Crippen LogP contribution in [-0.4, -0.2) is 34.5 Å². The van der Waals surface area contributed by atoms with E-state index in [9.17, 15) is 4.21 Å².